The van der Waals surface area contributed by atoms with E-state index in [-0.39, 0.29) is 24.5 Å². The van der Waals surface area contributed by atoms with Gasteiger partial charge in [-0.2, -0.15) is 0 Å². The van der Waals surface area contributed by atoms with Crippen LogP contribution >= 0.6 is 11.6 Å². The predicted octanol–water partition coefficient (Wildman–Crippen LogP) is 4.47. The molecule has 2 aromatic rings. The van der Waals surface area contributed by atoms with E-state index in [9.17, 15) is 9.59 Å². The molecule has 2 rings (SSSR count). The molecule has 144 valence electrons. The van der Waals surface area contributed by atoms with Gasteiger partial charge in [-0.25, -0.2) is 4.79 Å². The summed E-state index contributed by atoms with van der Waals surface area (Å²) < 4.78 is 5.22. The van der Waals surface area contributed by atoms with Crippen molar-refractivity contribution in [3.63, 3.8) is 0 Å². The second kappa shape index (κ2) is 9.97. The van der Waals surface area contributed by atoms with Crippen molar-refractivity contribution in [2.45, 2.75) is 39.5 Å². The topological polar surface area (TPSA) is 67.4 Å². The zero-order valence-electron chi connectivity index (χ0n) is 15.7. The Bertz CT molecular complexity index is 748. The zero-order valence-corrected chi connectivity index (χ0v) is 16.5. The average Bonchev–Trinajstić information content (AvgIpc) is 2.65. The van der Waals surface area contributed by atoms with Gasteiger partial charge < -0.3 is 15.4 Å². The maximum Gasteiger partial charge on any atom is 0.408 e. The van der Waals surface area contributed by atoms with E-state index in [0.29, 0.717) is 5.02 Å². The van der Waals surface area contributed by atoms with Crippen LogP contribution in [0.3, 0.4) is 0 Å². The van der Waals surface area contributed by atoms with Gasteiger partial charge >= 0.3 is 6.09 Å². The summed E-state index contributed by atoms with van der Waals surface area (Å²) in [6, 6.07) is 15.8. The fraction of sp³-hybridized carbons (Fsp3) is 0.333. The number of carbonyl (C=O) groups is 2. The largest absolute Gasteiger partial charge is 0.445 e. The number of halogens is 1. The van der Waals surface area contributed by atoms with Gasteiger partial charge in [0.05, 0.1) is 6.04 Å². The minimum Gasteiger partial charge on any atom is -0.445 e. The van der Waals surface area contributed by atoms with Gasteiger partial charge in [-0.1, -0.05) is 67.9 Å². The maximum atomic E-state index is 12.6. The van der Waals surface area contributed by atoms with Crippen molar-refractivity contribution < 1.29 is 14.3 Å². The van der Waals surface area contributed by atoms with E-state index in [1.165, 1.54) is 0 Å². The second-order valence-corrected chi connectivity index (χ2v) is 7.15. The molecule has 0 aromatic heterocycles. The Balaban J connectivity index is 1.91. The number of carbonyl (C=O) groups excluding carboxylic acids is 2. The van der Waals surface area contributed by atoms with Crippen molar-refractivity contribution in [3.8, 4) is 0 Å². The monoisotopic (exact) mass is 388 g/mol. The summed E-state index contributed by atoms with van der Waals surface area (Å²) in [6.45, 7) is 5.77. The molecule has 27 heavy (non-hydrogen) atoms. The van der Waals surface area contributed by atoms with Gasteiger partial charge in [0.15, 0.2) is 0 Å². The Morgan fingerprint density at radius 2 is 1.59 bits per heavy atom. The van der Waals surface area contributed by atoms with E-state index in [1.54, 1.807) is 12.1 Å². The standard InChI is InChI=1S/C21H25ClN2O3/c1-14(2)19(24-21(26)27-13-16-7-5-4-6-8-16)20(25)23-15(3)17-9-11-18(22)12-10-17/h4-12,14-15,19H,13H2,1-3H3,(H,23,25)(H,24,26)/t15?,19-/m0/s1. The van der Waals surface area contributed by atoms with Crippen LogP contribution in [0.4, 0.5) is 4.79 Å². The number of hydrogen-bond acceptors (Lipinski definition) is 3. The third kappa shape index (κ3) is 6.61. The molecule has 1 unspecified atom stereocenters. The fourth-order valence-corrected chi connectivity index (χ4v) is 2.69. The summed E-state index contributed by atoms with van der Waals surface area (Å²) in [5, 5.41) is 6.22. The average molecular weight is 389 g/mol. The van der Waals surface area contributed by atoms with Gasteiger partial charge in [-0.15, -0.1) is 0 Å². The van der Waals surface area contributed by atoms with Crippen molar-refractivity contribution in [3.05, 3.63) is 70.7 Å². The SMILES string of the molecule is CC(NC(=O)[C@@H](NC(=O)OCc1ccccc1)C(C)C)c1ccc(Cl)cc1. The molecule has 0 aliphatic carbocycles. The van der Waals surface area contributed by atoms with Gasteiger partial charge in [-0.3, -0.25) is 4.79 Å². The molecule has 5 nitrogen and oxygen atoms in total. The van der Waals surface area contributed by atoms with Crippen molar-refractivity contribution in [1.82, 2.24) is 10.6 Å². The molecule has 0 bridgehead atoms. The van der Waals surface area contributed by atoms with Gasteiger partial charge in [0.2, 0.25) is 5.91 Å². The highest BCUT2D eigenvalue weighted by atomic mass is 35.5. The Labute approximate surface area is 165 Å². The van der Waals surface area contributed by atoms with Crippen LogP contribution in [-0.2, 0) is 16.1 Å². The Morgan fingerprint density at radius 3 is 2.19 bits per heavy atom. The Kier molecular flexibility index (Phi) is 7.67. The molecule has 0 heterocycles. The quantitative estimate of drug-likeness (QED) is 0.735. The molecule has 0 radical (unpaired) electrons. The smallest absolute Gasteiger partial charge is 0.408 e. The van der Waals surface area contributed by atoms with Crippen molar-refractivity contribution >= 4 is 23.6 Å². The first-order valence-corrected chi connectivity index (χ1v) is 9.27. The van der Waals surface area contributed by atoms with E-state index in [0.717, 1.165) is 11.1 Å². The molecule has 2 aromatic carbocycles. The molecule has 2 amide bonds. The van der Waals surface area contributed by atoms with Crippen LogP contribution < -0.4 is 10.6 Å². The summed E-state index contributed by atoms with van der Waals surface area (Å²) >= 11 is 5.90. The summed E-state index contributed by atoms with van der Waals surface area (Å²) in [7, 11) is 0. The van der Waals surface area contributed by atoms with Crippen molar-refractivity contribution in [1.29, 1.82) is 0 Å². The lowest BCUT2D eigenvalue weighted by Gasteiger charge is -2.24. The summed E-state index contributed by atoms with van der Waals surface area (Å²) in [6.07, 6.45) is -0.619. The first-order chi connectivity index (χ1) is 12.9. The highest BCUT2D eigenvalue weighted by molar-refractivity contribution is 6.30. The molecule has 6 heteroatoms. The van der Waals surface area contributed by atoms with Crippen molar-refractivity contribution in [2.24, 2.45) is 5.92 Å². The summed E-state index contributed by atoms with van der Waals surface area (Å²) in [5.74, 6) is -0.351. The number of ether oxygens (including phenoxy) is 1. The molecule has 0 aliphatic rings. The molecular weight excluding hydrogens is 364 g/mol. The number of nitrogens with one attached hydrogen (secondary N) is 2. The highest BCUT2D eigenvalue weighted by Crippen LogP contribution is 2.16. The predicted molar refractivity (Wildman–Crippen MR) is 106 cm³/mol. The van der Waals surface area contributed by atoms with Crippen LogP contribution in [0.15, 0.2) is 54.6 Å². The van der Waals surface area contributed by atoms with Crippen LogP contribution in [0, 0.1) is 5.92 Å². The van der Waals surface area contributed by atoms with E-state index >= 15 is 0 Å². The lowest BCUT2D eigenvalue weighted by Crippen LogP contribution is -2.50. The molecule has 2 atom stereocenters. The lowest BCUT2D eigenvalue weighted by molar-refractivity contribution is -0.124. The number of benzene rings is 2. The molecule has 0 saturated carbocycles. The molecule has 0 fully saturated rings. The summed E-state index contributed by atoms with van der Waals surface area (Å²) in [4.78, 5) is 24.7. The minimum atomic E-state index is -0.692. The van der Waals surface area contributed by atoms with Crippen LogP contribution in [0.2, 0.25) is 5.02 Å². The van der Waals surface area contributed by atoms with Gasteiger partial charge in [0.25, 0.3) is 0 Å². The third-order valence-corrected chi connectivity index (χ3v) is 4.42. The normalized spacial score (nSPS) is 12.9. The van der Waals surface area contributed by atoms with Crippen LogP contribution in [0.25, 0.3) is 0 Å². The number of hydrogen-bond donors (Lipinski definition) is 2. The van der Waals surface area contributed by atoms with E-state index in [2.05, 4.69) is 10.6 Å². The highest BCUT2D eigenvalue weighted by Gasteiger charge is 2.26. The molecule has 0 spiro atoms. The number of amides is 2. The molecule has 0 aliphatic heterocycles. The van der Waals surface area contributed by atoms with E-state index in [4.69, 9.17) is 16.3 Å². The van der Waals surface area contributed by atoms with Gasteiger partial charge in [0.1, 0.15) is 12.6 Å². The summed E-state index contributed by atoms with van der Waals surface area (Å²) in [5.41, 5.74) is 1.82. The van der Waals surface area contributed by atoms with Crippen molar-refractivity contribution in [2.75, 3.05) is 0 Å². The minimum absolute atomic E-state index is 0.0910. The van der Waals surface area contributed by atoms with Gasteiger partial charge in [0, 0.05) is 5.02 Å². The lowest BCUT2D eigenvalue weighted by atomic mass is 10.0. The molecule has 0 saturated heterocycles. The van der Waals surface area contributed by atoms with E-state index < -0.39 is 12.1 Å². The van der Waals surface area contributed by atoms with E-state index in [1.807, 2.05) is 63.2 Å². The van der Waals surface area contributed by atoms with Crippen LogP contribution in [-0.4, -0.2) is 18.0 Å². The number of rotatable bonds is 7. The zero-order chi connectivity index (χ0) is 19.8. The van der Waals surface area contributed by atoms with Crippen LogP contribution in [0.5, 0.6) is 0 Å². The number of alkyl carbamates (subject to hydrolysis) is 1. The fourth-order valence-electron chi connectivity index (χ4n) is 2.56. The first kappa shape index (κ1) is 20.8. The Hall–Kier alpha value is -2.53. The Morgan fingerprint density at radius 1 is 0.963 bits per heavy atom. The van der Waals surface area contributed by atoms with Gasteiger partial charge in [-0.05, 0) is 36.1 Å². The van der Waals surface area contributed by atoms with Crippen LogP contribution in [0.1, 0.15) is 37.9 Å². The molecular formula is C21H25ClN2O3. The molecule has 2 N–H and O–H groups in total. The maximum absolute atomic E-state index is 12.6. The third-order valence-electron chi connectivity index (χ3n) is 4.16. The first-order valence-electron chi connectivity index (χ1n) is 8.90. The second-order valence-electron chi connectivity index (χ2n) is 6.71.